The van der Waals surface area contributed by atoms with E-state index in [0.717, 1.165) is 13.1 Å². The standard InChI is InChI=1S/C14H22N2/c1-12(2)16-10-9-15(11-13(16)3)14-7-5-4-6-8-14/h4-8,12-13H,9-11H2,1-3H3/t13-/m1/s1. The molecule has 0 aromatic heterocycles. The lowest BCUT2D eigenvalue weighted by Crippen LogP contribution is -2.54. The van der Waals surface area contributed by atoms with Gasteiger partial charge in [-0.05, 0) is 32.9 Å². The van der Waals surface area contributed by atoms with Crippen LogP contribution < -0.4 is 4.90 Å². The number of para-hydroxylation sites is 1. The molecule has 1 aliphatic rings. The van der Waals surface area contributed by atoms with Crippen molar-refractivity contribution in [3.8, 4) is 0 Å². The van der Waals surface area contributed by atoms with Gasteiger partial charge in [0.05, 0.1) is 0 Å². The molecule has 88 valence electrons. The summed E-state index contributed by atoms with van der Waals surface area (Å²) in [6, 6.07) is 12.0. The third-order valence-corrected chi connectivity index (χ3v) is 3.46. The molecular formula is C14H22N2. The first kappa shape index (κ1) is 11.5. The average Bonchev–Trinajstić information content (AvgIpc) is 2.29. The average molecular weight is 218 g/mol. The van der Waals surface area contributed by atoms with Crippen LogP contribution >= 0.6 is 0 Å². The molecule has 0 radical (unpaired) electrons. The van der Waals surface area contributed by atoms with E-state index in [4.69, 9.17) is 0 Å². The van der Waals surface area contributed by atoms with Crippen molar-refractivity contribution in [2.75, 3.05) is 24.5 Å². The summed E-state index contributed by atoms with van der Waals surface area (Å²) < 4.78 is 0. The van der Waals surface area contributed by atoms with Crippen LogP contribution in [0.15, 0.2) is 30.3 Å². The van der Waals surface area contributed by atoms with Crippen molar-refractivity contribution in [1.29, 1.82) is 0 Å². The van der Waals surface area contributed by atoms with Crippen molar-refractivity contribution >= 4 is 5.69 Å². The minimum Gasteiger partial charge on any atom is -0.369 e. The maximum Gasteiger partial charge on any atom is 0.0367 e. The summed E-state index contributed by atoms with van der Waals surface area (Å²) in [7, 11) is 0. The maximum atomic E-state index is 2.58. The van der Waals surface area contributed by atoms with Crippen LogP contribution in [0.3, 0.4) is 0 Å². The van der Waals surface area contributed by atoms with Crippen molar-refractivity contribution < 1.29 is 0 Å². The highest BCUT2D eigenvalue weighted by Crippen LogP contribution is 2.19. The summed E-state index contributed by atoms with van der Waals surface area (Å²) in [5.41, 5.74) is 1.36. The van der Waals surface area contributed by atoms with Crippen molar-refractivity contribution in [2.45, 2.75) is 32.9 Å². The second-order valence-corrected chi connectivity index (χ2v) is 4.96. The molecule has 0 spiro atoms. The maximum absolute atomic E-state index is 2.58. The van der Waals surface area contributed by atoms with E-state index in [0.29, 0.717) is 12.1 Å². The van der Waals surface area contributed by atoms with E-state index in [2.05, 4.69) is 60.9 Å². The smallest absolute Gasteiger partial charge is 0.0367 e. The van der Waals surface area contributed by atoms with Crippen LogP contribution in [0.4, 0.5) is 5.69 Å². The Morgan fingerprint density at radius 3 is 2.38 bits per heavy atom. The monoisotopic (exact) mass is 218 g/mol. The number of piperazine rings is 1. The zero-order chi connectivity index (χ0) is 11.5. The Balaban J connectivity index is 2.03. The number of anilines is 1. The van der Waals surface area contributed by atoms with E-state index in [1.54, 1.807) is 0 Å². The summed E-state index contributed by atoms with van der Waals surface area (Å²) >= 11 is 0. The largest absolute Gasteiger partial charge is 0.369 e. The van der Waals surface area contributed by atoms with Crippen LogP contribution in [-0.2, 0) is 0 Å². The van der Waals surface area contributed by atoms with E-state index in [9.17, 15) is 0 Å². The highest BCUT2D eigenvalue weighted by atomic mass is 15.3. The van der Waals surface area contributed by atoms with Gasteiger partial charge in [0.25, 0.3) is 0 Å². The Kier molecular flexibility index (Phi) is 3.49. The molecule has 0 saturated carbocycles. The van der Waals surface area contributed by atoms with E-state index in [1.807, 2.05) is 0 Å². The molecule has 0 amide bonds. The quantitative estimate of drug-likeness (QED) is 0.753. The normalized spacial score (nSPS) is 22.8. The molecule has 1 aromatic carbocycles. The first-order valence-corrected chi connectivity index (χ1v) is 6.24. The van der Waals surface area contributed by atoms with E-state index in [1.165, 1.54) is 12.2 Å². The zero-order valence-corrected chi connectivity index (χ0v) is 10.6. The first-order chi connectivity index (χ1) is 7.68. The van der Waals surface area contributed by atoms with Crippen LogP contribution in [0.5, 0.6) is 0 Å². The second-order valence-electron chi connectivity index (χ2n) is 4.96. The van der Waals surface area contributed by atoms with Crippen molar-refractivity contribution in [3.05, 3.63) is 30.3 Å². The molecule has 1 aliphatic heterocycles. The van der Waals surface area contributed by atoms with Gasteiger partial charge >= 0.3 is 0 Å². The SMILES string of the molecule is CC(C)N1CCN(c2ccccc2)C[C@H]1C. The fraction of sp³-hybridized carbons (Fsp3) is 0.571. The van der Waals surface area contributed by atoms with Gasteiger partial charge in [-0.25, -0.2) is 0 Å². The number of hydrogen-bond acceptors (Lipinski definition) is 2. The zero-order valence-electron chi connectivity index (χ0n) is 10.6. The Morgan fingerprint density at radius 2 is 1.81 bits per heavy atom. The summed E-state index contributed by atoms with van der Waals surface area (Å²) in [5.74, 6) is 0. The molecule has 1 heterocycles. The number of benzene rings is 1. The van der Waals surface area contributed by atoms with Crippen LogP contribution in [0.2, 0.25) is 0 Å². The van der Waals surface area contributed by atoms with Gasteiger partial charge in [-0.2, -0.15) is 0 Å². The number of hydrogen-bond donors (Lipinski definition) is 0. The molecule has 0 bridgehead atoms. The molecule has 2 heteroatoms. The van der Waals surface area contributed by atoms with Gasteiger partial charge in [0, 0.05) is 37.4 Å². The van der Waals surface area contributed by atoms with Gasteiger partial charge in [0.2, 0.25) is 0 Å². The topological polar surface area (TPSA) is 6.48 Å². The summed E-state index contributed by atoms with van der Waals surface area (Å²) in [4.78, 5) is 5.07. The van der Waals surface area contributed by atoms with Crippen LogP contribution in [0.25, 0.3) is 0 Å². The fourth-order valence-electron chi connectivity index (χ4n) is 2.61. The molecule has 1 saturated heterocycles. The van der Waals surface area contributed by atoms with E-state index >= 15 is 0 Å². The summed E-state index contributed by atoms with van der Waals surface area (Å²) in [6.07, 6.45) is 0. The van der Waals surface area contributed by atoms with Crippen LogP contribution in [-0.4, -0.2) is 36.6 Å². The second kappa shape index (κ2) is 4.88. The summed E-state index contributed by atoms with van der Waals surface area (Å²) in [6.45, 7) is 10.4. The lowest BCUT2D eigenvalue weighted by atomic mass is 10.1. The lowest BCUT2D eigenvalue weighted by molar-refractivity contribution is 0.148. The third kappa shape index (κ3) is 2.38. The molecule has 1 fully saturated rings. The van der Waals surface area contributed by atoms with Gasteiger partial charge in [0.1, 0.15) is 0 Å². The molecule has 1 aromatic rings. The van der Waals surface area contributed by atoms with E-state index in [-0.39, 0.29) is 0 Å². The highest BCUT2D eigenvalue weighted by molar-refractivity contribution is 5.46. The minimum absolute atomic E-state index is 0.647. The fourth-order valence-corrected chi connectivity index (χ4v) is 2.61. The van der Waals surface area contributed by atoms with Crippen LogP contribution in [0, 0.1) is 0 Å². The number of nitrogens with zero attached hydrogens (tertiary/aromatic N) is 2. The van der Waals surface area contributed by atoms with Crippen LogP contribution in [0.1, 0.15) is 20.8 Å². The van der Waals surface area contributed by atoms with Crippen molar-refractivity contribution in [3.63, 3.8) is 0 Å². The molecular weight excluding hydrogens is 196 g/mol. The predicted molar refractivity (Wildman–Crippen MR) is 70.0 cm³/mol. The Labute approximate surface area is 98.9 Å². The Bertz CT molecular complexity index is 321. The third-order valence-electron chi connectivity index (χ3n) is 3.46. The van der Waals surface area contributed by atoms with Gasteiger partial charge in [0.15, 0.2) is 0 Å². The van der Waals surface area contributed by atoms with Gasteiger partial charge in [-0.1, -0.05) is 18.2 Å². The molecule has 16 heavy (non-hydrogen) atoms. The molecule has 1 atom stereocenters. The van der Waals surface area contributed by atoms with Gasteiger partial charge in [-0.15, -0.1) is 0 Å². The molecule has 2 rings (SSSR count). The summed E-state index contributed by atoms with van der Waals surface area (Å²) in [5, 5.41) is 0. The molecule has 0 unspecified atom stereocenters. The van der Waals surface area contributed by atoms with Gasteiger partial charge < -0.3 is 4.90 Å². The van der Waals surface area contributed by atoms with Gasteiger partial charge in [-0.3, -0.25) is 4.90 Å². The highest BCUT2D eigenvalue weighted by Gasteiger charge is 2.25. The molecule has 0 aliphatic carbocycles. The Hall–Kier alpha value is -1.02. The Morgan fingerprint density at radius 1 is 1.12 bits per heavy atom. The predicted octanol–water partition coefficient (Wildman–Crippen LogP) is 2.61. The minimum atomic E-state index is 0.647. The molecule has 0 N–H and O–H groups in total. The van der Waals surface area contributed by atoms with Crippen molar-refractivity contribution in [1.82, 2.24) is 4.90 Å². The van der Waals surface area contributed by atoms with E-state index < -0.39 is 0 Å². The number of rotatable bonds is 2. The van der Waals surface area contributed by atoms with Crippen molar-refractivity contribution in [2.24, 2.45) is 0 Å². The first-order valence-electron chi connectivity index (χ1n) is 6.24. The lowest BCUT2D eigenvalue weighted by Gasteiger charge is -2.43. The molecule has 2 nitrogen and oxygen atoms in total.